The predicted octanol–water partition coefficient (Wildman–Crippen LogP) is 1.35. The molecule has 0 aromatic heterocycles. The van der Waals surface area contributed by atoms with Crippen molar-refractivity contribution in [2.45, 2.75) is 10.9 Å². The van der Waals surface area contributed by atoms with Gasteiger partial charge in [0.2, 0.25) is 0 Å². The van der Waals surface area contributed by atoms with E-state index in [2.05, 4.69) is 5.32 Å². The summed E-state index contributed by atoms with van der Waals surface area (Å²) in [7, 11) is 1.40. The first-order valence-electron chi connectivity index (χ1n) is 4.94. The molecular formula is C10H8ClN3O3S. The third kappa shape index (κ3) is 2.72. The van der Waals surface area contributed by atoms with Crippen LogP contribution in [0.1, 0.15) is 0 Å². The fraction of sp³-hybridized carbons (Fsp3) is 0.200. The molecule has 1 unspecified atom stereocenters. The van der Waals surface area contributed by atoms with Crippen molar-refractivity contribution in [1.82, 2.24) is 4.90 Å². The smallest absolute Gasteiger partial charge is 0.308 e. The van der Waals surface area contributed by atoms with Crippen LogP contribution in [0.3, 0.4) is 0 Å². The molecule has 1 aliphatic heterocycles. The average Bonchev–Trinajstić information content (AvgIpc) is 3.07. The molecule has 1 fully saturated rings. The maximum Gasteiger partial charge on any atom is 0.323 e. The minimum Gasteiger partial charge on any atom is -0.308 e. The van der Waals surface area contributed by atoms with Gasteiger partial charge in [-0.25, -0.2) is 13.2 Å². The van der Waals surface area contributed by atoms with Crippen LogP contribution in [0, 0.1) is 11.3 Å². The lowest BCUT2D eigenvalue weighted by Crippen LogP contribution is -2.20. The largest absolute Gasteiger partial charge is 0.323 e. The van der Waals surface area contributed by atoms with Crippen LogP contribution in [-0.4, -0.2) is 31.9 Å². The first-order valence-corrected chi connectivity index (χ1v) is 7.25. The van der Waals surface area contributed by atoms with Crippen LogP contribution in [0.15, 0.2) is 29.2 Å². The minimum atomic E-state index is -3.76. The molecule has 0 aliphatic carbocycles. The van der Waals surface area contributed by atoms with Crippen LogP contribution >= 0.6 is 10.7 Å². The molecule has 2 rings (SSSR count). The quantitative estimate of drug-likeness (QED) is 0.656. The molecule has 1 aromatic carbocycles. The maximum absolute atomic E-state index is 11.5. The third-order valence-electron chi connectivity index (χ3n) is 2.41. The number of amides is 2. The molecule has 1 aromatic rings. The Balaban J connectivity index is 2.04. The highest BCUT2D eigenvalue weighted by atomic mass is 35.7. The number of hydrogen-bond acceptors (Lipinski definition) is 4. The topological polar surface area (TPSA) is 90.0 Å². The summed E-state index contributed by atoms with van der Waals surface area (Å²) >= 11 is 0. The van der Waals surface area contributed by atoms with Crippen molar-refractivity contribution in [2.75, 3.05) is 11.9 Å². The van der Waals surface area contributed by atoms with Crippen molar-refractivity contribution >= 4 is 31.5 Å². The molecule has 1 aliphatic rings. The molecule has 0 radical (unpaired) electrons. The number of hydrogen-bond donors (Lipinski definition) is 1. The number of benzene rings is 1. The first kappa shape index (κ1) is 12.7. The Morgan fingerprint density at radius 2 is 2.06 bits per heavy atom. The fourth-order valence-corrected chi connectivity index (χ4v) is 2.14. The van der Waals surface area contributed by atoms with E-state index < -0.39 is 9.05 Å². The Kier molecular flexibility index (Phi) is 3.15. The van der Waals surface area contributed by atoms with E-state index in [4.69, 9.17) is 15.9 Å². The Morgan fingerprint density at radius 3 is 2.50 bits per heavy atom. The van der Waals surface area contributed by atoms with E-state index in [1.54, 1.807) is 0 Å². The third-order valence-corrected chi connectivity index (χ3v) is 3.78. The summed E-state index contributed by atoms with van der Waals surface area (Å²) in [6.07, 6.45) is 0. The molecule has 1 saturated heterocycles. The van der Waals surface area contributed by atoms with Gasteiger partial charge in [-0.15, -0.1) is 0 Å². The zero-order valence-corrected chi connectivity index (χ0v) is 10.6. The second kappa shape index (κ2) is 4.48. The number of carbonyl (C=O) groups is 1. The molecule has 94 valence electrons. The average molecular weight is 286 g/mol. The lowest BCUT2D eigenvalue weighted by atomic mass is 10.3. The van der Waals surface area contributed by atoms with Gasteiger partial charge in [0.05, 0.1) is 17.5 Å². The maximum atomic E-state index is 11.5. The van der Waals surface area contributed by atoms with Crippen molar-refractivity contribution in [3.8, 4) is 6.07 Å². The van der Waals surface area contributed by atoms with Gasteiger partial charge in [-0.2, -0.15) is 5.26 Å². The number of carbonyl (C=O) groups excluding carboxylic acids is 1. The van der Waals surface area contributed by atoms with Crippen LogP contribution in [0.25, 0.3) is 0 Å². The van der Waals surface area contributed by atoms with Crippen LogP contribution in [-0.2, 0) is 9.05 Å². The van der Waals surface area contributed by atoms with E-state index in [1.165, 1.54) is 29.2 Å². The number of nitrogens with zero attached hydrogens (tertiary/aromatic N) is 2. The SMILES string of the molecule is N#CC1CN1C(=O)Nc1ccc(S(=O)(=O)Cl)cc1. The molecule has 8 heteroatoms. The van der Waals surface area contributed by atoms with Crippen LogP contribution in [0.4, 0.5) is 10.5 Å². The number of urea groups is 1. The summed E-state index contributed by atoms with van der Waals surface area (Å²) in [6, 6.07) is 6.64. The van der Waals surface area contributed by atoms with E-state index in [0.29, 0.717) is 12.2 Å². The summed E-state index contributed by atoms with van der Waals surface area (Å²) in [4.78, 5) is 12.9. The molecule has 1 heterocycles. The van der Waals surface area contributed by atoms with Crippen molar-refractivity contribution in [3.63, 3.8) is 0 Å². The molecule has 0 bridgehead atoms. The van der Waals surface area contributed by atoms with E-state index >= 15 is 0 Å². The minimum absolute atomic E-state index is 0.0382. The van der Waals surface area contributed by atoms with Crippen molar-refractivity contribution in [1.29, 1.82) is 5.26 Å². The molecule has 1 N–H and O–H groups in total. The molecule has 0 saturated carbocycles. The first-order chi connectivity index (χ1) is 8.41. The summed E-state index contributed by atoms with van der Waals surface area (Å²) in [5, 5.41) is 11.1. The Morgan fingerprint density at radius 1 is 1.44 bits per heavy atom. The number of halogens is 1. The molecular weight excluding hydrogens is 278 g/mol. The standard InChI is InChI=1S/C10H8ClN3O3S/c11-18(16,17)9-3-1-7(2-4-9)13-10(15)14-6-8(14)5-12/h1-4,8H,6H2,(H,13,15). The number of rotatable bonds is 2. The number of nitrogens with one attached hydrogen (secondary N) is 1. The van der Waals surface area contributed by atoms with Gasteiger partial charge in [0.25, 0.3) is 9.05 Å². The molecule has 6 nitrogen and oxygen atoms in total. The van der Waals surface area contributed by atoms with Gasteiger partial charge in [0, 0.05) is 16.4 Å². The Labute approximate surface area is 108 Å². The second-order valence-corrected chi connectivity index (χ2v) is 6.26. The molecule has 1 atom stereocenters. The normalized spacial score (nSPS) is 18.0. The van der Waals surface area contributed by atoms with E-state index in [-0.39, 0.29) is 17.0 Å². The highest BCUT2D eigenvalue weighted by molar-refractivity contribution is 8.13. The van der Waals surface area contributed by atoms with Crippen molar-refractivity contribution < 1.29 is 13.2 Å². The van der Waals surface area contributed by atoms with Gasteiger partial charge in [-0.3, -0.25) is 0 Å². The van der Waals surface area contributed by atoms with Gasteiger partial charge in [0.15, 0.2) is 0 Å². The Bertz CT molecular complexity index is 621. The summed E-state index contributed by atoms with van der Waals surface area (Å²) in [6.45, 7) is 0.413. The van der Waals surface area contributed by atoms with Crippen LogP contribution < -0.4 is 5.32 Å². The van der Waals surface area contributed by atoms with Crippen molar-refractivity contribution in [3.05, 3.63) is 24.3 Å². The molecule has 0 spiro atoms. The van der Waals surface area contributed by atoms with Gasteiger partial charge in [-0.05, 0) is 24.3 Å². The Hall–Kier alpha value is -1.78. The van der Waals surface area contributed by atoms with E-state index in [9.17, 15) is 13.2 Å². The van der Waals surface area contributed by atoms with Gasteiger partial charge in [-0.1, -0.05) is 0 Å². The summed E-state index contributed by atoms with van der Waals surface area (Å²) in [5.74, 6) is 0. The summed E-state index contributed by atoms with van der Waals surface area (Å²) in [5.41, 5.74) is 0.438. The lowest BCUT2D eigenvalue weighted by molar-refractivity contribution is 0.241. The van der Waals surface area contributed by atoms with Gasteiger partial charge in [0.1, 0.15) is 6.04 Å². The predicted molar refractivity (Wildman–Crippen MR) is 64.6 cm³/mol. The summed E-state index contributed by atoms with van der Waals surface area (Å²) < 4.78 is 22.0. The number of anilines is 1. The highest BCUT2D eigenvalue weighted by Gasteiger charge is 2.38. The van der Waals surface area contributed by atoms with Crippen LogP contribution in [0.2, 0.25) is 0 Å². The monoisotopic (exact) mass is 285 g/mol. The fourth-order valence-electron chi connectivity index (χ4n) is 1.37. The zero-order valence-electron chi connectivity index (χ0n) is 9.00. The van der Waals surface area contributed by atoms with Gasteiger partial charge < -0.3 is 10.2 Å². The van der Waals surface area contributed by atoms with E-state index in [1.807, 2.05) is 6.07 Å². The second-order valence-electron chi connectivity index (χ2n) is 3.69. The lowest BCUT2D eigenvalue weighted by Gasteiger charge is -2.06. The van der Waals surface area contributed by atoms with Crippen LogP contribution in [0.5, 0.6) is 0 Å². The van der Waals surface area contributed by atoms with E-state index in [0.717, 1.165) is 0 Å². The van der Waals surface area contributed by atoms with Gasteiger partial charge >= 0.3 is 6.03 Å². The highest BCUT2D eigenvalue weighted by Crippen LogP contribution is 2.20. The molecule has 18 heavy (non-hydrogen) atoms. The molecule has 2 amide bonds. The zero-order chi connectivity index (χ0) is 13.3. The number of nitriles is 1. The van der Waals surface area contributed by atoms with Crippen molar-refractivity contribution in [2.24, 2.45) is 0 Å².